The monoisotopic (exact) mass is 494 g/mol. The van der Waals surface area contributed by atoms with Crippen LogP contribution in [-0.2, 0) is 4.79 Å². The molecule has 1 aromatic heterocycles. The van der Waals surface area contributed by atoms with E-state index in [0.717, 1.165) is 52.9 Å². The van der Waals surface area contributed by atoms with Crippen LogP contribution in [0.3, 0.4) is 0 Å². The van der Waals surface area contributed by atoms with E-state index < -0.39 is 12.1 Å². The molecule has 0 fully saturated rings. The molecule has 2 unspecified atom stereocenters. The normalized spacial score (nSPS) is 15.8. The number of nitrogens with zero attached hydrogens (tertiary/aromatic N) is 2. The summed E-state index contributed by atoms with van der Waals surface area (Å²) in [5, 5.41) is 4.12. The van der Waals surface area contributed by atoms with Gasteiger partial charge in [-0.15, -0.1) is 0 Å². The Hall–Kier alpha value is -3.90. The SMILES string of the molecule is CCN(CC)CCNC(=O)C(C)N1C(=O)c2ccccc2C1c1c(-c2ccccc2)[nH]c2ccccc12. The minimum Gasteiger partial charge on any atom is -0.354 e. The predicted octanol–water partition coefficient (Wildman–Crippen LogP) is 5.23. The third-order valence-electron chi connectivity index (χ3n) is 7.50. The quantitative estimate of drug-likeness (QED) is 0.335. The molecule has 0 radical (unpaired) electrons. The zero-order valence-electron chi connectivity index (χ0n) is 21.7. The Morgan fingerprint density at radius 2 is 1.65 bits per heavy atom. The highest BCUT2D eigenvalue weighted by Gasteiger charge is 2.44. The number of carbonyl (C=O) groups excluding carboxylic acids is 2. The first kappa shape index (κ1) is 24.8. The third kappa shape index (κ3) is 4.53. The first-order chi connectivity index (χ1) is 18.0. The average Bonchev–Trinajstić information content (AvgIpc) is 3.46. The molecule has 6 heteroatoms. The van der Waals surface area contributed by atoms with Crippen molar-refractivity contribution in [1.29, 1.82) is 0 Å². The molecule has 3 aromatic carbocycles. The van der Waals surface area contributed by atoms with Crippen molar-refractivity contribution in [3.05, 3.63) is 95.6 Å². The van der Waals surface area contributed by atoms with Gasteiger partial charge in [0.1, 0.15) is 6.04 Å². The summed E-state index contributed by atoms with van der Waals surface area (Å²) < 4.78 is 0. The summed E-state index contributed by atoms with van der Waals surface area (Å²) in [5.74, 6) is -0.254. The second-order valence-electron chi connectivity index (χ2n) is 9.52. The van der Waals surface area contributed by atoms with Crippen LogP contribution in [0, 0.1) is 0 Å². The number of carbonyl (C=O) groups is 2. The van der Waals surface area contributed by atoms with Crippen molar-refractivity contribution in [3.63, 3.8) is 0 Å². The van der Waals surface area contributed by atoms with Gasteiger partial charge in [-0.1, -0.05) is 80.6 Å². The van der Waals surface area contributed by atoms with Gasteiger partial charge in [0.2, 0.25) is 5.91 Å². The first-order valence-electron chi connectivity index (χ1n) is 13.1. The maximum atomic E-state index is 13.8. The van der Waals surface area contributed by atoms with Crippen LogP contribution in [0.15, 0.2) is 78.9 Å². The van der Waals surface area contributed by atoms with Crippen LogP contribution in [0.2, 0.25) is 0 Å². The lowest BCUT2D eigenvalue weighted by Crippen LogP contribution is -2.48. The summed E-state index contributed by atoms with van der Waals surface area (Å²) in [4.78, 5) is 34.9. The highest BCUT2D eigenvalue weighted by atomic mass is 16.2. The van der Waals surface area contributed by atoms with Gasteiger partial charge in [0.25, 0.3) is 5.91 Å². The van der Waals surface area contributed by atoms with E-state index in [4.69, 9.17) is 0 Å². The lowest BCUT2D eigenvalue weighted by Gasteiger charge is -2.31. The van der Waals surface area contributed by atoms with Gasteiger partial charge in [-0.2, -0.15) is 0 Å². The number of nitrogens with one attached hydrogen (secondary N) is 2. The topological polar surface area (TPSA) is 68.4 Å². The molecule has 0 saturated carbocycles. The lowest BCUT2D eigenvalue weighted by atomic mass is 9.92. The van der Waals surface area contributed by atoms with Crippen LogP contribution in [0.25, 0.3) is 22.2 Å². The zero-order valence-corrected chi connectivity index (χ0v) is 21.7. The van der Waals surface area contributed by atoms with Gasteiger partial charge in [-0.05, 0) is 43.3 Å². The zero-order chi connectivity index (χ0) is 25.9. The minimum absolute atomic E-state index is 0.115. The summed E-state index contributed by atoms with van der Waals surface area (Å²) in [7, 11) is 0. The smallest absolute Gasteiger partial charge is 0.255 e. The van der Waals surface area contributed by atoms with Crippen molar-refractivity contribution in [3.8, 4) is 11.3 Å². The Morgan fingerprint density at radius 1 is 0.973 bits per heavy atom. The number of amides is 2. The first-order valence-corrected chi connectivity index (χ1v) is 13.1. The number of para-hydroxylation sites is 1. The highest BCUT2D eigenvalue weighted by Crippen LogP contribution is 2.46. The number of likely N-dealkylation sites (N-methyl/N-ethyl adjacent to an activating group) is 1. The van der Waals surface area contributed by atoms with E-state index in [1.165, 1.54) is 0 Å². The largest absolute Gasteiger partial charge is 0.354 e. The van der Waals surface area contributed by atoms with Gasteiger partial charge in [0, 0.05) is 35.1 Å². The van der Waals surface area contributed by atoms with Crippen molar-refractivity contribution in [2.45, 2.75) is 32.9 Å². The summed E-state index contributed by atoms with van der Waals surface area (Å²) in [5.41, 5.74) is 5.61. The number of H-pyrrole nitrogens is 1. The van der Waals surface area contributed by atoms with Crippen molar-refractivity contribution in [2.24, 2.45) is 0 Å². The van der Waals surface area contributed by atoms with Crippen molar-refractivity contribution in [2.75, 3.05) is 26.2 Å². The molecule has 2 N–H and O–H groups in total. The van der Waals surface area contributed by atoms with Gasteiger partial charge in [-0.3, -0.25) is 9.59 Å². The van der Waals surface area contributed by atoms with E-state index in [9.17, 15) is 9.59 Å². The number of hydrogen-bond donors (Lipinski definition) is 2. The molecule has 0 aliphatic carbocycles. The van der Waals surface area contributed by atoms with Crippen LogP contribution < -0.4 is 5.32 Å². The van der Waals surface area contributed by atoms with Crippen molar-refractivity contribution >= 4 is 22.7 Å². The maximum absolute atomic E-state index is 13.8. The van der Waals surface area contributed by atoms with E-state index in [1.54, 1.807) is 4.90 Å². The molecule has 1 aliphatic heterocycles. The molecule has 2 heterocycles. The minimum atomic E-state index is -0.640. The number of aromatic nitrogens is 1. The molecule has 0 spiro atoms. The van der Waals surface area contributed by atoms with Crippen molar-refractivity contribution < 1.29 is 9.59 Å². The highest BCUT2D eigenvalue weighted by molar-refractivity contribution is 6.04. The molecule has 0 bridgehead atoms. The molecule has 2 amide bonds. The van der Waals surface area contributed by atoms with E-state index in [1.807, 2.05) is 61.5 Å². The Bertz CT molecular complexity index is 1410. The number of hydrogen-bond acceptors (Lipinski definition) is 3. The molecule has 1 aliphatic rings. The molecule has 0 saturated heterocycles. The van der Waals surface area contributed by atoms with E-state index >= 15 is 0 Å². The third-order valence-corrected chi connectivity index (χ3v) is 7.50. The Kier molecular flexibility index (Phi) is 7.10. The molecule has 190 valence electrons. The second-order valence-corrected chi connectivity index (χ2v) is 9.52. The van der Waals surface area contributed by atoms with Crippen molar-refractivity contribution in [1.82, 2.24) is 20.1 Å². The maximum Gasteiger partial charge on any atom is 0.255 e. The Morgan fingerprint density at radius 3 is 2.41 bits per heavy atom. The van der Waals surface area contributed by atoms with E-state index in [2.05, 4.69) is 53.3 Å². The number of benzene rings is 3. The van der Waals surface area contributed by atoms with Gasteiger partial charge >= 0.3 is 0 Å². The fraction of sp³-hybridized carbons (Fsp3) is 0.290. The Labute approximate surface area is 218 Å². The molecular weight excluding hydrogens is 460 g/mol. The molecular formula is C31H34N4O2. The van der Waals surface area contributed by atoms with Gasteiger partial charge in [-0.25, -0.2) is 0 Å². The van der Waals surface area contributed by atoms with Gasteiger partial charge in [0.15, 0.2) is 0 Å². The Balaban J connectivity index is 1.58. The number of aromatic amines is 1. The van der Waals surface area contributed by atoms with E-state index in [-0.39, 0.29) is 11.8 Å². The average molecular weight is 495 g/mol. The van der Waals surface area contributed by atoms with Crippen LogP contribution in [0.4, 0.5) is 0 Å². The van der Waals surface area contributed by atoms with Gasteiger partial charge < -0.3 is 20.1 Å². The molecule has 5 rings (SSSR count). The van der Waals surface area contributed by atoms with Crippen LogP contribution in [0.5, 0.6) is 0 Å². The predicted molar refractivity (Wildman–Crippen MR) is 148 cm³/mol. The van der Waals surface area contributed by atoms with Crippen LogP contribution in [0.1, 0.15) is 48.3 Å². The van der Waals surface area contributed by atoms with Crippen LogP contribution >= 0.6 is 0 Å². The summed E-state index contributed by atoms with van der Waals surface area (Å²) >= 11 is 0. The fourth-order valence-electron chi connectivity index (χ4n) is 5.46. The number of fused-ring (bicyclic) bond motifs is 2. The molecule has 2 atom stereocenters. The summed E-state index contributed by atoms with van der Waals surface area (Å²) in [6.45, 7) is 9.27. The lowest BCUT2D eigenvalue weighted by molar-refractivity contribution is -0.125. The molecule has 37 heavy (non-hydrogen) atoms. The summed E-state index contributed by atoms with van der Waals surface area (Å²) in [6, 6.07) is 25.1. The van der Waals surface area contributed by atoms with Gasteiger partial charge in [0.05, 0.1) is 11.7 Å². The standard InChI is InChI=1S/C31H34N4O2/c1-4-34(5-2)20-19-32-30(36)21(3)35-29(23-15-9-10-16-24(23)31(35)37)27-25-17-11-12-18-26(25)33-28(27)22-13-7-6-8-14-22/h6-18,21,29,33H,4-5,19-20H2,1-3H3,(H,32,36). The fourth-order valence-corrected chi connectivity index (χ4v) is 5.46. The molecule has 4 aromatic rings. The van der Waals surface area contributed by atoms with E-state index in [0.29, 0.717) is 12.1 Å². The molecule has 6 nitrogen and oxygen atoms in total. The number of rotatable bonds is 9. The van der Waals surface area contributed by atoms with Crippen LogP contribution in [-0.4, -0.2) is 58.8 Å². The summed E-state index contributed by atoms with van der Waals surface area (Å²) in [6.07, 6.45) is 0. The second kappa shape index (κ2) is 10.6.